The van der Waals surface area contributed by atoms with Crippen LogP contribution in [0.15, 0.2) is 23.3 Å². The monoisotopic (exact) mass is 247 g/mol. The third-order valence-electron chi connectivity index (χ3n) is 0.519. The summed E-state index contributed by atoms with van der Waals surface area (Å²) in [5, 5.41) is 0. The summed E-state index contributed by atoms with van der Waals surface area (Å²) in [5.74, 6) is 0. The van der Waals surface area contributed by atoms with Crippen LogP contribution in [0.1, 0.15) is 0 Å². The Labute approximate surface area is 79.2 Å². The van der Waals surface area contributed by atoms with E-state index in [1.165, 1.54) is 12.7 Å². The van der Waals surface area contributed by atoms with Gasteiger partial charge in [0.05, 0.1) is 6.20 Å². The van der Waals surface area contributed by atoms with Crippen LogP contribution in [-0.4, -0.2) is 30.9 Å². The van der Waals surface area contributed by atoms with Gasteiger partial charge in [-0.1, -0.05) is 0 Å². The molecule has 1 aromatic rings. The first-order valence-electron chi connectivity index (χ1n) is 2.69. The molecule has 0 unspecified atom stereocenters. The van der Waals surface area contributed by atoms with Crippen molar-refractivity contribution in [1.82, 2.24) is 4.98 Å². The molecule has 14 heavy (non-hydrogen) atoms. The molecule has 0 aliphatic rings. The summed E-state index contributed by atoms with van der Waals surface area (Å²) in [4.78, 5) is 3.56. The highest BCUT2D eigenvalue weighted by molar-refractivity contribution is 7.94. The minimum Gasteiger partial charge on any atom is -0.452 e. The molecule has 9 nitrogen and oxygen atoms in total. The second kappa shape index (κ2) is 5.02. The third kappa shape index (κ3) is 11.0. The maximum atomic E-state index is 9.44. The molecular weight excluding hydrogens is 242 g/mol. The Morgan fingerprint density at radius 1 is 1.14 bits per heavy atom. The SMILES string of the molecule is O=S(=O)(O)OS(=O)(=O)O.c1cocn1. The normalized spacial score (nSPS) is 11.6. The lowest BCUT2D eigenvalue weighted by Gasteiger charge is -1.89. The highest BCUT2D eigenvalue weighted by Crippen LogP contribution is 1.91. The van der Waals surface area contributed by atoms with Gasteiger partial charge in [-0.05, 0) is 0 Å². The molecule has 1 aromatic heterocycles. The van der Waals surface area contributed by atoms with Crippen molar-refractivity contribution in [3.8, 4) is 0 Å². The molecule has 0 fully saturated rings. The van der Waals surface area contributed by atoms with Gasteiger partial charge in [-0.25, -0.2) is 4.98 Å². The van der Waals surface area contributed by atoms with Gasteiger partial charge < -0.3 is 4.42 Å². The first kappa shape index (κ1) is 13.0. The highest BCUT2D eigenvalue weighted by Gasteiger charge is 2.15. The second-order valence-corrected chi connectivity index (χ2v) is 3.85. The van der Waals surface area contributed by atoms with Crippen LogP contribution < -0.4 is 0 Å². The van der Waals surface area contributed by atoms with Crippen molar-refractivity contribution >= 4 is 20.8 Å². The minimum absolute atomic E-state index is 1.38. The van der Waals surface area contributed by atoms with E-state index in [4.69, 9.17) is 9.11 Å². The summed E-state index contributed by atoms with van der Waals surface area (Å²) >= 11 is 0. The van der Waals surface area contributed by atoms with Gasteiger partial charge in [-0.15, -0.1) is 3.63 Å². The molecule has 0 aliphatic heterocycles. The average molecular weight is 247 g/mol. The van der Waals surface area contributed by atoms with Crippen molar-refractivity contribution in [2.45, 2.75) is 0 Å². The van der Waals surface area contributed by atoms with E-state index in [1.807, 2.05) is 0 Å². The zero-order valence-corrected chi connectivity index (χ0v) is 7.97. The van der Waals surface area contributed by atoms with Crippen LogP contribution in [-0.2, 0) is 24.4 Å². The molecule has 0 aromatic carbocycles. The van der Waals surface area contributed by atoms with Gasteiger partial charge in [0.1, 0.15) is 6.26 Å². The van der Waals surface area contributed by atoms with Crippen molar-refractivity contribution in [2.24, 2.45) is 0 Å². The van der Waals surface area contributed by atoms with E-state index in [2.05, 4.69) is 13.0 Å². The molecule has 0 aliphatic carbocycles. The first-order chi connectivity index (χ1) is 6.21. The zero-order chi connectivity index (χ0) is 11.2. The predicted molar refractivity (Wildman–Crippen MR) is 40.7 cm³/mol. The van der Waals surface area contributed by atoms with Gasteiger partial charge in [-0.2, -0.15) is 16.8 Å². The van der Waals surface area contributed by atoms with E-state index in [-0.39, 0.29) is 0 Å². The van der Waals surface area contributed by atoms with Gasteiger partial charge >= 0.3 is 20.8 Å². The maximum absolute atomic E-state index is 9.44. The quantitative estimate of drug-likeness (QED) is 0.646. The van der Waals surface area contributed by atoms with Crippen molar-refractivity contribution in [3.63, 3.8) is 0 Å². The fourth-order valence-corrected chi connectivity index (χ4v) is 1.15. The molecule has 0 saturated heterocycles. The van der Waals surface area contributed by atoms with Crippen LogP contribution in [0.5, 0.6) is 0 Å². The number of aromatic nitrogens is 1. The summed E-state index contributed by atoms with van der Waals surface area (Å²) in [6.07, 6.45) is 4.47. The van der Waals surface area contributed by atoms with Crippen LogP contribution in [0.3, 0.4) is 0 Å². The molecule has 82 valence electrons. The Kier molecular flexibility index (Phi) is 4.65. The van der Waals surface area contributed by atoms with E-state index < -0.39 is 20.8 Å². The minimum atomic E-state index is -5.12. The summed E-state index contributed by atoms with van der Waals surface area (Å²) < 4.78 is 60.0. The summed E-state index contributed by atoms with van der Waals surface area (Å²) in [6, 6.07) is 0. The van der Waals surface area contributed by atoms with E-state index >= 15 is 0 Å². The van der Waals surface area contributed by atoms with E-state index in [0.29, 0.717) is 0 Å². The number of hydrogen-bond donors (Lipinski definition) is 2. The molecular formula is C3H5NO8S2. The Morgan fingerprint density at radius 3 is 1.71 bits per heavy atom. The van der Waals surface area contributed by atoms with Gasteiger partial charge in [0.15, 0.2) is 6.39 Å². The first-order valence-corrected chi connectivity index (χ1v) is 5.42. The maximum Gasteiger partial charge on any atom is 0.413 e. The molecule has 2 N–H and O–H groups in total. The molecule has 0 saturated carbocycles. The fraction of sp³-hybridized carbons (Fsp3) is 0. The van der Waals surface area contributed by atoms with Crippen LogP contribution in [0, 0.1) is 0 Å². The average Bonchev–Trinajstić information content (AvgIpc) is 2.29. The molecule has 0 atom stereocenters. The van der Waals surface area contributed by atoms with Crippen molar-refractivity contribution in [1.29, 1.82) is 0 Å². The molecule has 0 bridgehead atoms. The standard InChI is InChI=1S/C3H3NO.H2O7S2/c1-2-5-3-4-1;1-8(2,3)7-9(4,5)6/h1-3H;(H,1,2,3)(H,4,5,6). The van der Waals surface area contributed by atoms with Crippen LogP contribution in [0.2, 0.25) is 0 Å². The molecule has 0 amide bonds. The van der Waals surface area contributed by atoms with Crippen LogP contribution in [0.25, 0.3) is 0 Å². The Hall–Kier alpha value is -1.01. The molecule has 11 heteroatoms. The molecule has 1 rings (SSSR count). The van der Waals surface area contributed by atoms with E-state index in [0.717, 1.165) is 0 Å². The lowest BCUT2D eigenvalue weighted by Crippen LogP contribution is -2.10. The van der Waals surface area contributed by atoms with Gasteiger partial charge in [0, 0.05) is 0 Å². The summed E-state index contributed by atoms with van der Waals surface area (Å²) in [5.41, 5.74) is 0. The highest BCUT2D eigenvalue weighted by atomic mass is 32.3. The van der Waals surface area contributed by atoms with E-state index in [9.17, 15) is 16.8 Å². The number of rotatable bonds is 2. The summed E-state index contributed by atoms with van der Waals surface area (Å²) in [7, 11) is -10.2. The summed E-state index contributed by atoms with van der Waals surface area (Å²) in [6.45, 7) is 0. The van der Waals surface area contributed by atoms with Crippen molar-refractivity contribution in [2.75, 3.05) is 0 Å². The topological polar surface area (TPSA) is 144 Å². The van der Waals surface area contributed by atoms with Crippen LogP contribution >= 0.6 is 0 Å². The Morgan fingerprint density at radius 2 is 1.64 bits per heavy atom. The number of hydrogen-bond acceptors (Lipinski definition) is 7. The van der Waals surface area contributed by atoms with Gasteiger partial charge in [0.2, 0.25) is 0 Å². The van der Waals surface area contributed by atoms with Crippen molar-refractivity contribution in [3.05, 3.63) is 18.9 Å². The zero-order valence-electron chi connectivity index (χ0n) is 6.34. The largest absolute Gasteiger partial charge is 0.452 e. The Bertz CT molecular complexity index is 382. The third-order valence-corrected chi connectivity index (χ3v) is 1.89. The molecule has 0 spiro atoms. The van der Waals surface area contributed by atoms with Crippen molar-refractivity contribution < 1.29 is 34.0 Å². The smallest absolute Gasteiger partial charge is 0.413 e. The molecule has 0 radical (unpaired) electrons. The van der Waals surface area contributed by atoms with Gasteiger partial charge in [0.25, 0.3) is 0 Å². The number of nitrogens with zero attached hydrogens (tertiary/aromatic N) is 1. The van der Waals surface area contributed by atoms with Crippen LogP contribution in [0.4, 0.5) is 0 Å². The molecule has 1 heterocycles. The van der Waals surface area contributed by atoms with Gasteiger partial charge in [-0.3, -0.25) is 9.11 Å². The van der Waals surface area contributed by atoms with E-state index in [1.54, 1.807) is 6.20 Å². The second-order valence-electron chi connectivity index (χ2n) is 1.60. The number of oxazole rings is 1. The predicted octanol–water partition coefficient (Wildman–Crippen LogP) is -0.717. The lowest BCUT2D eigenvalue weighted by atomic mass is 11.0. The lowest BCUT2D eigenvalue weighted by molar-refractivity contribution is 0.344. The Balaban J connectivity index is 0.000000280. The fourth-order valence-electron chi connectivity index (χ4n) is 0.284.